The van der Waals surface area contributed by atoms with Gasteiger partial charge in [-0.15, -0.1) is 0 Å². The molecular weight excluding hydrogens is 380 g/mol. The first kappa shape index (κ1) is 19.7. The molecule has 1 fully saturated rings. The van der Waals surface area contributed by atoms with E-state index in [4.69, 9.17) is 9.47 Å². The summed E-state index contributed by atoms with van der Waals surface area (Å²) in [7, 11) is 0. The fourth-order valence-corrected chi connectivity index (χ4v) is 3.29. The van der Waals surface area contributed by atoms with E-state index in [0.29, 0.717) is 23.7 Å². The van der Waals surface area contributed by atoms with E-state index in [0.717, 1.165) is 36.0 Å². The Bertz CT molecular complexity index is 1060. The number of rotatable bonds is 7. The van der Waals surface area contributed by atoms with E-state index in [1.54, 1.807) is 18.2 Å². The van der Waals surface area contributed by atoms with Crippen molar-refractivity contribution < 1.29 is 14.3 Å². The fraction of sp³-hybridized carbons (Fsp3) is 0.261. The van der Waals surface area contributed by atoms with Crippen LogP contribution in [0.3, 0.4) is 0 Å². The number of imidazole rings is 1. The highest BCUT2D eigenvalue weighted by Gasteiger charge is 2.16. The van der Waals surface area contributed by atoms with E-state index in [2.05, 4.69) is 21.4 Å². The van der Waals surface area contributed by atoms with Gasteiger partial charge in [-0.25, -0.2) is 4.98 Å². The van der Waals surface area contributed by atoms with Gasteiger partial charge in [0.15, 0.2) is 6.61 Å². The molecule has 152 valence electrons. The minimum absolute atomic E-state index is 0.0513. The number of fused-ring (bicyclic) bond motifs is 1. The van der Waals surface area contributed by atoms with E-state index in [9.17, 15) is 10.1 Å². The van der Waals surface area contributed by atoms with Crippen molar-refractivity contribution in [1.82, 2.24) is 15.3 Å². The zero-order valence-electron chi connectivity index (χ0n) is 16.4. The van der Waals surface area contributed by atoms with Gasteiger partial charge in [0.25, 0.3) is 5.91 Å². The van der Waals surface area contributed by atoms with Crippen molar-refractivity contribution in [2.45, 2.75) is 18.9 Å². The Morgan fingerprint density at radius 2 is 2.13 bits per heavy atom. The molecule has 7 heteroatoms. The van der Waals surface area contributed by atoms with Gasteiger partial charge in [0, 0.05) is 13.2 Å². The lowest BCUT2D eigenvalue weighted by Gasteiger charge is -2.11. The molecule has 1 aliphatic heterocycles. The van der Waals surface area contributed by atoms with Crippen LogP contribution in [-0.4, -0.2) is 41.7 Å². The van der Waals surface area contributed by atoms with Gasteiger partial charge in [0.2, 0.25) is 0 Å². The second-order valence-electron chi connectivity index (χ2n) is 7.07. The number of amides is 1. The molecule has 2 aromatic carbocycles. The lowest BCUT2D eigenvalue weighted by Crippen LogP contribution is -2.35. The normalized spacial score (nSPS) is 16.4. The van der Waals surface area contributed by atoms with Crippen LogP contribution in [0.4, 0.5) is 0 Å². The highest BCUT2D eigenvalue weighted by Crippen LogP contribution is 2.20. The molecule has 1 atom stereocenters. The number of H-pyrrole nitrogens is 1. The SMILES string of the molecule is N#C/C(=C\c1ccc(OCC(=O)NC[C@H]2CCCO2)cc1)c1nc2ccccc2[nH]1. The summed E-state index contributed by atoms with van der Waals surface area (Å²) in [5.41, 5.74) is 2.97. The Morgan fingerprint density at radius 1 is 1.30 bits per heavy atom. The molecule has 7 nitrogen and oxygen atoms in total. The summed E-state index contributed by atoms with van der Waals surface area (Å²) in [4.78, 5) is 19.5. The minimum Gasteiger partial charge on any atom is -0.484 e. The molecular formula is C23H22N4O3. The van der Waals surface area contributed by atoms with Crippen LogP contribution >= 0.6 is 0 Å². The smallest absolute Gasteiger partial charge is 0.258 e. The molecule has 0 spiro atoms. The highest BCUT2D eigenvalue weighted by molar-refractivity contribution is 5.90. The lowest BCUT2D eigenvalue weighted by atomic mass is 10.1. The van der Waals surface area contributed by atoms with E-state index in [1.165, 1.54) is 0 Å². The van der Waals surface area contributed by atoms with Crippen molar-refractivity contribution in [3.05, 3.63) is 59.9 Å². The van der Waals surface area contributed by atoms with Crippen molar-refractivity contribution in [1.29, 1.82) is 5.26 Å². The summed E-state index contributed by atoms with van der Waals surface area (Å²) < 4.78 is 11.0. The van der Waals surface area contributed by atoms with E-state index in [-0.39, 0.29) is 18.6 Å². The third-order valence-electron chi connectivity index (χ3n) is 4.88. The number of hydrogen-bond acceptors (Lipinski definition) is 5. The number of benzene rings is 2. The van der Waals surface area contributed by atoms with Gasteiger partial charge in [-0.05, 0) is 48.7 Å². The van der Waals surface area contributed by atoms with Crippen molar-refractivity contribution in [2.75, 3.05) is 19.8 Å². The van der Waals surface area contributed by atoms with Gasteiger partial charge < -0.3 is 19.8 Å². The summed E-state index contributed by atoms with van der Waals surface area (Å²) in [6, 6.07) is 17.0. The number of ether oxygens (including phenoxy) is 2. The van der Waals surface area contributed by atoms with Crippen LogP contribution in [0.1, 0.15) is 24.2 Å². The summed E-state index contributed by atoms with van der Waals surface area (Å²) in [5, 5.41) is 12.4. The van der Waals surface area contributed by atoms with Crippen LogP contribution in [0.25, 0.3) is 22.7 Å². The molecule has 0 bridgehead atoms. The number of nitriles is 1. The number of carbonyl (C=O) groups is 1. The molecule has 0 unspecified atom stereocenters. The number of para-hydroxylation sites is 2. The van der Waals surface area contributed by atoms with Gasteiger partial charge in [-0.3, -0.25) is 4.79 Å². The van der Waals surface area contributed by atoms with Crippen LogP contribution in [0.2, 0.25) is 0 Å². The molecule has 1 aromatic heterocycles. The van der Waals surface area contributed by atoms with Crippen molar-refractivity contribution >= 4 is 28.6 Å². The second kappa shape index (κ2) is 9.25. The summed E-state index contributed by atoms with van der Waals surface area (Å²) >= 11 is 0. The average Bonchev–Trinajstić information content (AvgIpc) is 3.45. The number of carbonyl (C=O) groups excluding carboxylic acids is 1. The van der Waals surface area contributed by atoms with Crippen LogP contribution in [0, 0.1) is 11.3 Å². The Hall–Kier alpha value is -3.63. The zero-order valence-corrected chi connectivity index (χ0v) is 16.4. The predicted molar refractivity (Wildman–Crippen MR) is 113 cm³/mol. The van der Waals surface area contributed by atoms with Crippen LogP contribution in [0.5, 0.6) is 5.75 Å². The first-order valence-electron chi connectivity index (χ1n) is 9.89. The van der Waals surface area contributed by atoms with Gasteiger partial charge in [-0.2, -0.15) is 5.26 Å². The minimum atomic E-state index is -0.175. The highest BCUT2D eigenvalue weighted by atomic mass is 16.5. The number of aromatic amines is 1. The summed E-state index contributed by atoms with van der Waals surface area (Å²) in [6.07, 6.45) is 3.90. The molecule has 30 heavy (non-hydrogen) atoms. The van der Waals surface area contributed by atoms with Crippen molar-refractivity contribution in [3.63, 3.8) is 0 Å². The maximum atomic E-state index is 11.9. The Kier molecular flexibility index (Phi) is 6.06. The van der Waals surface area contributed by atoms with Crippen molar-refractivity contribution in [3.8, 4) is 11.8 Å². The van der Waals surface area contributed by atoms with Gasteiger partial charge in [0.05, 0.1) is 22.7 Å². The average molecular weight is 402 g/mol. The first-order valence-corrected chi connectivity index (χ1v) is 9.89. The Morgan fingerprint density at radius 3 is 2.87 bits per heavy atom. The predicted octanol–water partition coefficient (Wildman–Crippen LogP) is 3.30. The molecule has 2 N–H and O–H groups in total. The van der Waals surface area contributed by atoms with Crippen LogP contribution in [0.15, 0.2) is 48.5 Å². The maximum absolute atomic E-state index is 11.9. The number of allylic oxidation sites excluding steroid dienone is 1. The third-order valence-corrected chi connectivity index (χ3v) is 4.88. The topological polar surface area (TPSA) is 100 Å². The Balaban J connectivity index is 1.35. The zero-order chi connectivity index (χ0) is 20.8. The standard InChI is InChI=1S/C23H22N4O3/c24-13-17(23-26-20-5-1-2-6-21(20)27-23)12-16-7-9-18(10-8-16)30-15-22(28)25-14-19-4-3-11-29-19/h1-2,5-10,12,19H,3-4,11,14-15H2,(H,25,28)(H,26,27)/b17-12+/t19-/m1/s1. The molecule has 1 amide bonds. The molecule has 0 aliphatic carbocycles. The monoisotopic (exact) mass is 402 g/mol. The van der Waals surface area contributed by atoms with Crippen LogP contribution < -0.4 is 10.1 Å². The molecule has 0 radical (unpaired) electrons. The van der Waals surface area contributed by atoms with Gasteiger partial charge in [-0.1, -0.05) is 24.3 Å². The third kappa shape index (κ3) is 4.85. The van der Waals surface area contributed by atoms with Gasteiger partial charge >= 0.3 is 0 Å². The number of aromatic nitrogens is 2. The number of nitrogens with zero attached hydrogens (tertiary/aromatic N) is 2. The largest absolute Gasteiger partial charge is 0.484 e. The second-order valence-corrected chi connectivity index (χ2v) is 7.07. The number of nitrogens with one attached hydrogen (secondary N) is 2. The number of hydrogen-bond donors (Lipinski definition) is 2. The Labute approximate surface area is 174 Å². The van der Waals surface area contributed by atoms with E-state index in [1.807, 2.05) is 36.4 Å². The molecule has 3 aromatic rings. The first-order chi connectivity index (χ1) is 14.7. The van der Waals surface area contributed by atoms with E-state index < -0.39 is 0 Å². The van der Waals surface area contributed by atoms with E-state index >= 15 is 0 Å². The van der Waals surface area contributed by atoms with Gasteiger partial charge in [0.1, 0.15) is 17.6 Å². The molecule has 1 saturated heterocycles. The molecule has 4 rings (SSSR count). The molecule has 0 saturated carbocycles. The molecule has 1 aliphatic rings. The fourth-order valence-electron chi connectivity index (χ4n) is 3.29. The lowest BCUT2D eigenvalue weighted by molar-refractivity contribution is -0.123. The quantitative estimate of drug-likeness (QED) is 0.591. The van der Waals surface area contributed by atoms with Crippen LogP contribution in [-0.2, 0) is 9.53 Å². The maximum Gasteiger partial charge on any atom is 0.258 e. The summed E-state index contributed by atoms with van der Waals surface area (Å²) in [6.45, 7) is 1.23. The molecule has 2 heterocycles. The van der Waals surface area contributed by atoms with Crippen molar-refractivity contribution in [2.24, 2.45) is 0 Å². The summed E-state index contributed by atoms with van der Waals surface area (Å²) in [5.74, 6) is 0.940.